The van der Waals surface area contributed by atoms with Gasteiger partial charge in [0.2, 0.25) is 0 Å². The maximum Gasteiger partial charge on any atom is 0.421 e. The summed E-state index contributed by atoms with van der Waals surface area (Å²) in [5.41, 5.74) is 0. The Morgan fingerprint density at radius 1 is 1.38 bits per heavy atom. The summed E-state index contributed by atoms with van der Waals surface area (Å²) in [6, 6.07) is -0.142. The molecule has 0 aromatic carbocycles. The third-order valence-corrected chi connectivity index (χ3v) is 3.38. The van der Waals surface area contributed by atoms with Gasteiger partial charge in [-0.25, -0.2) is 9.52 Å². The highest BCUT2D eigenvalue weighted by molar-refractivity contribution is 7.88. The molecule has 0 spiro atoms. The van der Waals surface area contributed by atoms with Crippen molar-refractivity contribution in [3.63, 3.8) is 0 Å². The van der Waals surface area contributed by atoms with Crippen LogP contribution in [0.5, 0.6) is 0 Å². The van der Waals surface area contributed by atoms with E-state index in [1.807, 2.05) is 0 Å². The Morgan fingerprint density at radius 3 is 2.81 bits per heavy atom. The van der Waals surface area contributed by atoms with Crippen LogP contribution in [0.1, 0.15) is 19.3 Å². The number of carbonyl (C=O) groups excluding carboxylic acids is 1. The van der Waals surface area contributed by atoms with Crippen molar-refractivity contribution in [1.29, 1.82) is 0 Å². The van der Waals surface area contributed by atoms with Gasteiger partial charge in [0, 0.05) is 6.04 Å². The highest BCUT2D eigenvalue weighted by Crippen LogP contribution is 2.05. The molecule has 1 rings (SSSR count). The topological polar surface area (TPSA) is 96.5 Å². The molecule has 0 bridgehead atoms. The minimum absolute atomic E-state index is 0.142. The van der Waals surface area contributed by atoms with E-state index < -0.39 is 16.3 Å². The van der Waals surface area contributed by atoms with Crippen LogP contribution in [-0.4, -0.2) is 40.8 Å². The molecule has 0 radical (unpaired) electrons. The van der Waals surface area contributed by atoms with Gasteiger partial charge in [0.1, 0.15) is 0 Å². The first-order valence-electron chi connectivity index (χ1n) is 5.12. The summed E-state index contributed by atoms with van der Waals surface area (Å²) in [5.74, 6) is 0. The molecular weight excluding hydrogens is 234 g/mol. The van der Waals surface area contributed by atoms with Crippen molar-refractivity contribution in [2.45, 2.75) is 25.3 Å². The highest BCUT2D eigenvalue weighted by Gasteiger charge is 2.20. The van der Waals surface area contributed by atoms with Gasteiger partial charge in [-0.2, -0.15) is 13.1 Å². The van der Waals surface area contributed by atoms with Crippen LogP contribution in [-0.2, 0) is 14.9 Å². The molecule has 0 aromatic heterocycles. The van der Waals surface area contributed by atoms with E-state index in [4.69, 9.17) is 0 Å². The van der Waals surface area contributed by atoms with E-state index in [-0.39, 0.29) is 6.04 Å². The second-order valence-corrected chi connectivity index (χ2v) is 5.04. The predicted molar refractivity (Wildman–Crippen MR) is 58.1 cm³/mol. The molecule has 1 amide bonds. The van der Waals surface area contributed by atoms with Crippen LogP contribution in [0.3, 0.4) is 0 Å². The van der Waals surface area contributed by atoms with Gasteiger partial charge in [-0.3, -0.25) is 0 Å². The molecule has 1 fully saturated rings. The molecule has 1 saturated heterocycles. The van der Waals surface area contributed by atoms with Gasteiger partial charge in [0.25, 0.3) is 0 Å². The summed E-state index contributed by atoms with van der Waals surface area (Å²) >= 11 is 0. The number of methoxy groups -OCH3 is 1. The van der Waals surface area contributed by atoms with Crippen LogP contribution in [0, 0.1) is 0 Å². The fraction of sp³-hybridized carbons (Fsp3) is 0.875. The molecule has 0 aromatic rings. The molecule has 1 atom stereocenters. The first-order chi connectivity index (χ1) is 7.53. The van der Waals surface area contributed by atoms with Crippen LogP contribution < -0.4 is 14.8 Å². The molecule has 1 aliphatic rings. The zero-order valence-corrected chi connectivity index (χ0v) is 9.97. The lowest BCUT2D eigenvalue weighted by Crippen LogP contribution is -2.45. The zero-order chi connectivity index (χ0) is 12.0. The van der Waals surface area contributed by atoms with Gasteiger partial charge in [-0.15, -0.1) is 0 Å². The number of nitrogens with one attached hydrogen (secondary N) is 3. The van der Waals surface area contributed by atoms with E-state index in [1.54, 1.807) is 4.72 Å². The fourth-order valence-corrected chi connectivity index (χ4v) is 2.57. The van der Waals surface area contributed by atoms with Gasteiger partial charge in [0.15, 0.2) is 0 Å². The molecule has 3 N–H and O–H groups in total. The third-order valence-electron chi connectivity index (χ3n) is 2.30. The standard InChI is InChI=1S/C8H17N3O4S/c1-15-8(12)11-16(13,14)10-7-3-2-5-9-6-4-7/h7,9-10H,2-6H2,1H3,(H,11,12). The molecule has 1 aliphatic heterocycles. The number of amides is 1. The lowest BCUT2D eigenvalue weighted by molar-refractivity contribution is 0.177. The lowest BCUT2D eigenvalue weighted by Gasteiger charge is -2.15. The van der Waals surface area contributed by atoms with Crippen LogP contribution in [0.15, 0.2) is 0 Å². The molecule has 8 heteroatoms. The Labute approximate surface area is 95.1 Å². The second-order valence-electron chi connectivity index (χ2n) is 3.59. The van der Waals surface area contributed by atoms with Crippen molar-refractivity contribution in [3.8, 4) is 0 Å². The normalized spacial score (nSPS) is 22.2. The summed E-state index contributed by atoms with van der Waals surface area (Å²) in [6.07, 6.45) is 1.39. The van der Waals surface area contributed by atoms with Gasteiger partial charge in [0.05, 0.1) is 7.11 Å². The van der Waals surface area contributed by atoms with Gasteiger partial charge >= 0.3 is 16.3 Å². The van der Waals surface area contributed by atoms with Crippen LogP contribution in [0.25, 0.3) is 0 Å². The van der Waals surface area contributed by atoms with E-state index in [2.05, 4.69) is 14.8 Å². The molecule has 7 nitrogen and oxygen atoms in total. The molecule has 94 valence electrons. The third kappa shape index (κ3) is 4.77. The second kappa shape index (κ2) is 6.02. The van der Waals surface area contributed by atoms with E-state index in [1.165, 1.54) is 0 Å². The average Bonchev–Trinajstić information content (AvgIpc) is 2.44. The quantitative estimate of drug-likeness (QED) is 0.617. The maximum absolute atomic E-state index is 11.4. The Balaban J connectivity index is 2.47. The van der Waals surface area contributed by atoms with Crippen molar-refractivity contribution in [2.24, 2.45) is 0 Å². The van der Waals surface area contributed by atoms with Crippen molar-refractivity contribution >= 4 is 16.3 Å². The average molecular weight is 251 g/mol. The molecule has 1 unspecified atom stereocenters. The maximum atomic E-state index is 11.4. The van der Waals surface area contributed by atoms with Crippen molar-refractivity contribution in [2.75, 3.05) is 20.2 Å². The Hall–Kier alpha value is -0.860. The molecule has 0 saturated carbocycles. The molecular formula is C8H17N3O4S. The molecule has 1 heterocycles. The molecule has 16 heavy (non-hydrogen) atoms. The fourth-order valence-electron chi connectivity index (χ4n) is 1.54. The lowest BCUT2D eigenvalue weighted by atomic mass is 10.1. The highest BCUT2D eigenvalue weighted by atomic mass is 32.2. The van der Waals surface area contributed by atoms with Crippen molar-refractivity contribution in [3.05, 3.63) is 0 Å². The number of hydrogen-bond donors (Lipinski definition) is 3. The predicted octanol–water partition coefficient (Wildman–Crippen LogP) is -0.681. The Morgan fingerprint density at radius 2 is 2.12 bits per heavy atom. The van der Waals surface area contributed by atoms with E-state index in [9.17, 15) is 13.2 Å². The number of rotatable bonds is 3. The SMILES string of the molecule is COC(=O)NS(=O)(=O)NC1CCCNCC1. The Bertz CT molecular complexity index is 322. The smallest absolute Gasteiger partial charge is 0.421 e. The zero-order valence-electron chi connectivity index (χ0n) is 9.15. The minimum Gasteiger partial charge on any atom is -0.452 e. The van der Waals surface area contributed by atoms with Gasteiger partial charge in [-0.05, 0) is 32.4 Å². The van der Waals surface area contributed by atoms with Gasteiger partial charge in [-0.1, -0.05) is 0 Å². The van der Waals surface area contributed by atoms with Crippen LogP contribution >= 0.6 is 0 Å². The van der Waals surface area contributed by atoms with Crippen molar-refractivity contribution in [1.82, 2.24) is 14.8 Å². The van der Waals surface area contributed by atoms with Crippen molar-refractivity contribution < 1.29 is 17.9 Å². The van der Waals surface area contributed by atoms with E-state index in [0.29, 0.717) is 6.42 Å². The summed E-state index contributed by atoms with van der Waals surface area (Å²) in [4.78, 5) is 10.8. The number of carbonyl (C=O) groups is 1. The summed E-state index contributed by atoms with van der Waals surface area (Å²) < 4.78 is 31.3. The number of hydrogen-bond acceptors (Lipinski definition) is 5. The minimum atomic E-state index is -3.81. The first-order valence-corrected chi connectivity index (χ1v) is 6.60. The largest absolute Gasteiger partial charge is 0.452 e. The monoisotopic (exact) mass is 251 g/mol. The summed E-state index contributed by atoms with van der Waals surface area (Å²) in [7, 11) is -2.70. The number of ether oxygens (including phenoxy) is 1. The Kier molecular flexibility index (Phi) is 4.97. The van der Waals surface area contributed by atoms with E-state index >= 15 is 0 Å². The van der Waals surface area contributed by atoms with Crippen LogP contribution in [0.4, 0.5) is 4.79 Å². The van der Waals surface area contributed by atoms with Crippen LogP contribution in [0.2, 0.25) is 0 Å². The summed E-state index contributed by atoms with van der Waals surface area (Å²) in [6.45, 7) is 1.66. The first kappa shape index (κ1) is 13.2. The summed E-state index contributed by atoms with van der Waals surface area (Å²) in [5, 5.41) is 3.17. The molecule has 0 aliphatic carbocycles. The van der Waals surface area contributed by atoms with Gasteiger partial charge < -0.3 is 10.1 Å². The van der Waals surface area contributed by atoms with E-state index in [0.717, 1.165) is 33.0 Å².